The molecule has 0 amide bonds. The molecule has 3 nitrogen and oxygen atoms in total. The van der Waals surface area contributed by atoms with Gasteiger partial charge in [-0.2, -0.15) is 11.3 Å². The minimum atomic E-state index is -2.27. The van der Waals surface area contributed by atoms with Crippen LogP contribution in [0, 0.1) is 30.7 Å². The van der Waals surface area contributed by atoms with Crippen LogP contribution in [0.4, 0.5) is 4.39 Å². The quantitative estimate of drug-likeness (QED) is 0.123. The van der Waals surface area contributed by atoms with Gasteiger partial charge in [0.15, 0.2) is 0 Å². The zero-order valence-electron chi connectivity index (χ0n) is 30.6. The number of hydrogen-bond donors (Lipinski definition) is 0. The Bertz CT molecular complexity index is 2270. The van der Waals surface area contributed by atoms with Gasteiger partial charge < -0.3 is 4.98 Å². The van der Waals surface area contributed by atoms with Crippen LogP contribution in [0.1, 0.15) is 29.2 Å². The van der Waals surface area contributed by atoms with Crippen molar-refractivity contribution in [1.82, 2.24) is 15.0 Å². The molecule has 0 aliphatic heterocycles. The van der Waals surface area contributed by atoms with Crippen LogP contribution in [0.15, 0.2) is 103 Å². The van der Waals surface area contributed by atoms with Crippen LogP contribution >= 0.6 is 11.3 Å². The van der Waals surface area contributed by atoms with Gasteiger partial charge in [0.1, 0.15) is 10.6 Å². The van der Waals surface area contributed by atoms with E-state index >= 15 is 0 Å². The molecule has 0 unspecified atom stereocenters. The SMILES string of the molecule is CC(C)Cc1cc(-c2[c-]cccc2)nc[c]1[Ge]([CH3])([CH3])[CH3].[2H]C([2H])([2H])c1ccc2c(n1)sc1c(-c3cc(F)c(-c4ccccc4)cn3)[c-]ccc12.[Ir]. The summed E-state index contributed by atoms with van der Waals surface area (Å²) in [6.07, 6.45) is 4.80. The van der Waals surface area contributed by atoms with Crippen molar-refractivity contribution >= 4 is 49.3 Å². The summed E-state index contributed by atoms with van der Waals surface area (Å²) in [4.78, 5) is 14.2. The monoisotopic (exact) mass is 893 g/mol. The average molecular weight is 892 g/mol. The van der Waals surface area contributed by atoms with E-state index in [1.54, 1.807) is 16.5 Å². The Morgan fingerprint density at radius 3 is 2.31 bits per heavy atom. The zero-order valence-corrected chi connectivity index (χ0v) is 32.9. The molecule has 0 fully saturated rings. The molecular formula is C41H38FGeIrN3S-2. The number of fused-ring (bicyclic) bond motifs is 3. The second-order valence-electron chi connectivity index (χ2n) is 13.0. The van der Waals surface area contributed by atoms with Gasteiger partial charge in [-0.3, -0.25) is 0 Å². The topological polar surface area (TPSA) is 38.7 Å². The molecule has 1 radical (unpaired) electrons. The fraction of sp³-hybridized carbons (Fsp3) is 0.195. The van der Waals surface area contributed by atoms with Gasteiger partial charge in [-0.1, -0.05) is 41.8 Å². The van der Waals surface area contributed by atoms with Crippen molar-refractivity contribution < 1.29 is 28.6 Å². The molecule has 0 bridgehead atoms. The maximum atomic E-state index is 14.9. The van der Waals surface area contributed by atoms with E-state index in [0.717, 1.165) is 38.7 Å². The van der Waals surface area contributed by atoms with Crippen LogP contribution in [-0.2, 0) is 26.5 Å². The van der Waals surface area contributed by atoms with Crippen LogP contribution in [0.2, 0.25) is 17.3 Å². The molecule has 4 aromatic heterocycles. The Balaban J connectivity index is 0.000000211. The molecule has 0 saturated heterocycles. The van der Waals surface area contributed by atoms with Crippen molar-refractivity contribution in [3.8, 4) is 33.6 Å². The first kappa shape index (κ1) is 31.7. The van der Waals surface area contributed by atoms with Gasteiger partial charge in [-0.05, 0) is 40.3 Å². The van der Waals surface area contributed by atoms with E-state index in [9.17, 15) is 4.39 Å². The molecular weight excluding hydrogens is 850 g/mol. The zero-order chi connectivity index (χ0) is 35.6. The van der Waals surface area contributed by atoms with Crippen LogP contribution in [0.5, 0.6) is 0 Å². The molecule has 0 aliphatic rings. The van der Waals surface area contributed by atoms with Gasteiger partial charge in [0.2, 0.25) is 0 Å². The molecule has 0 saturated carbocycles. The fourth-order valence-corrected chi connectivity index (χ4v) is 10.2. The Kier molecular flexibility index (Phi) is 10.1. The predicted molar refractivity (Wildman–Crippen MR) is 199 cm³/mol. The molecule has 4 heterocycles. The first-order valence-electron chi connectivity index (χ1n) is 17.2. The summed E-state index contributed by atoms with van der Waals surface area (Å²) in [6, 6.07) is 34.5. The molecule has 7 heteroatoms. The molecule has 7 aromatic rings. The van der Waals surface area contributed by atoms with E-state index in [-0.39, 0.29) is 31.6 Å². The van der Waals surface area contributed by atoms with Crippen molar-refractivity contribution in [2.24, 2.45) is 5.92 Å². The maximum Gasteiger partial charge on any atom is 0.125 e. The number of thiophene rings is 1. The number of aryl methyl sites for hydroxylation is 1. The number of nitrogens with zero attached hydrogens (tertiary/aromatic N) is 3. The van der Waals surface area contributed by atoms with E-state index in [0.29, 0.717) is 27.6 Å². The minimum absolute atomic E-state index is 0. The van der Waals surface area contributed by atoms with Crippen LogP contribution in [0.25, 0.3) is 53.9 Å². The smallest absolute Gasteiger partial charge is 0.125 e. The van der Waals surface area contributed by atoms with Gasteiger partial charge in [-0.25, -0.2) is 9.37 Å². The molecule has 0 spiro atoms. The third kappa shape index (κ3) is 8.01. The second kappa shape index (κ2) is 15.3. The second-order valence-corrected chi connectivity index (χ2v) is 24.6. The third-order valence-corrected chi connectivity index (χ3v) is 13.4. The Hall–Kier alpha value is -3.55. The number of aromatic nitrogens is 3. The van der Waals surface area contributed by atoms with Crippen molar-refractivity contribution in [3.05, 3.63) is 133 Å². The van der Waals surface area contributed by atoms with Gasteiger partial charge in [-0.15, -0.1) is 23.8 Å². The van der Waals surface area contributed by atoms with Gasteiger partial charge in [0.05, 0.1) is 0 Å². The summed E-state index contributed by atoms with van der Waals surface area (Å²) < 4.78 is 40.0. The molecule has 7 rings (SSSR count). The first-order chi connectivity index (χ1) is 23.8. The largest absolute Gasteiger partial charge is 0.304 e. The Morgan fingerprint density at radius 2 is 1.62 bits per heavy atom. The molecule has 3 aromatic carbocycles. The van der Waals surface area contributed by atoms with Crippen LogP contribution in [-0.4, -0.2) is 28.2 Å². The number of benzene rings is 3. The summed E-state index contributed by atoms with van der Waals surface area (Å²) in [5, 5.41) is 1.78. The Morgan fingerprint density at radius 1 is 0.854 bits per heavy atom. The van der Waals surface area contributed by atoms with E-state index in [1.165, 1.54) is 35.2 Å². The van der Waals surface area contributed by atoms with Crippen molar-refractivity contribution in [3.63, 3.8) is 0 Å². The third-order valence-electron chi connectivity index (χ3n) is 7.90. The summed E-state index contributed by atoms with van der Waals surface area (Å²) >= 11 is -0.493. The van der Waals surface area contributed by atoms with E-state index in [1.807, 2.05) is 54.6 Å². The van der Waals surface area contributed by atoms with Gasteiger partial charge in [0.25, 0.3) is 0 Å². The summed E-state index contributed by atoms with van der Waals surface area (Å²) in [5.74, 6) is 7.63. The first-order valence-corrected chi connectivity index (χ1v) is 23.9. The van der Waals surface area contributed by atoms with E-state index in [4.69, 9.17) is 9.10 Å². The average Bonchev–Trinajstić information content (AvgIpc) is 3.46. The number of halogens is 1. The number of pyridine rings is 3. The number of rotatable bonds is 6. The molecule has 245 valence electrons. The van der Waals surface area contributed by atoms with Crippen molar-refractivity contribution in [1.29, 1.82) is 0 Å². The standard InChI is InChI=1S/C23H14FN2S.C18H24GeN.Ir/c1-14-10-11-17-16-8-5-9-18(22(16)27-23(17)26-14)21-12-20(24)19(13-25-21)15-6-3-2-4-7-15;1-14(2)11-16-12-18(15-9-7-6-8-10-15)20-13-17(16)19(3,4)5;/h2-8,10-13H,1H3;6-9,12-14H,11H2,1-5H3;/q2*-1;/i1D3;;. The van der Waals surface area contributed by atoms with Crippen molar-refractivity contribution in [2.75, 3.05) is 0 Å². The van der Waals surface area contributed by atoms with Gasteiger partial charge >= 0.3 is 126 Å². The van der Waals surface area contributed by atoms with E-state index < -0.39 is 20.1 Å². The molecule has 0 N–H and O–H groups in total. The molecule has 48 heavy (non-hydrogen) atoms. The van der Waals surface area contributed by atoms with Crippen LogP contribution in [0.3, 0.4) is 0 Å². The predicted octanol–water partition coefficient (Wildman–Crippen LogP) is 10.7. The summed E-state index contributed by atoms with van der Waals surface area (Å²) in [5.41, 5.74) is 6.04. The Labute approximate surface area is 307 Å². The fourth-order valence-electron chi connectivity index (χ4n) is 5.69. The van der Waals surface area contributed by atoms with Crippen molar-refractivity contribution in [2.45, 2.75) is 44.4 Å². The molecule has 0 atom stereocenters. The van der Waals surface area contributed by atoms with E-state index in [2.05, 4.69) is 71.5 Å². The maximum absolute atomic E-state index is 14.9. The molecule has 0 aliphatic carbocycles. The normalized spacial score (nSPS) is 12.5. The minimum Gasteiger partial charge on any atom is -0.304 e. The van der Waals surface area contributed by atoms with Crippen LogP contribution < -0.4 is 4.40 Å². The summed E-state index contributed by atoms with van der Waals surface area (Å²) in [6.45, 7) is 2.31. The summed E-state index contributed by atoms with van der Waals surface area (Å²) in [7, 11) is 0. The number of hydrogen-bond acceptors (Lipinski definition) is 4. The van der Waals surface area contributed by atoms with Gasteiger partial charge in [0, 0.05) is 41.7 Å².